The molecule has 1 amide bonds. The van der Waals surface area contributed by atoms with Gasteiger partial charge in [0.05, 0.1) is 19.7 Å². The molecule has 4 aromatic rings. The number of aromatic amines is 1. The number of hydrogen-bond donors (Lipinski definition) is 0. The fourth-order valence-electron chi connectivity index (χ4n) is 4.19. The second-order valence-corrected chi connectivity index (χ2v) is 7.86. The standard InChI is InChI=1S/C26H19FN2O5/c1-33-19-6-2-5-17-12-20(34-25(17)19)23(30)21-22(16-7-9-18(27)10-8-16)29(26(32)24(21)31)14-15-4-3-11-28-13-15/h2-13,22,31H,14H2,1H3. The summed E-state index contributed by atoms with van der Waals surface area (Å²) in [6.45, 7) is 0.0781. The molecule has 3 heterocycles. The summed E-state index contributed by atoms with van der Waals surface area (Å²) in [5, 5.41) is 13.7. The number of furan rings is 1. The number of rotatable bonds is 6. The van der Waals surface area contributed by atoms with Crippen LogP contribution < -0.4 is 14.8 Å². The zero-order valence-corrected chi connectivity index (χ0v) is 18.1. The van der Waals surface area contributed by atoms with E-state index in [9.17, 15) is 19.1 Å². The van der Waals surface area contributed by atoms with Gasteiger partial charge in [0.2, 0.25) is 11.7 Å². The van der Waals surface area contributed by atoms with Crippen LogP contribution in [0.4, 0.5) is 4.39 Å². The molecular weight excluding hydrogens is 439 g/mol. The van der Waals surface area contributed by atoms with Crippen LogP contribution in [0.5, 0.6) is 5.75 Å². The molecule has 170 valence electrons. The van der Waals surface area contributed by atoms with Gasteiger partial charge in [-0.2, -0.15) is 0 Å². The van der Waals surface area contributed by atoms with Crippen LogP contribution in [0.3, 0.4) is 0 Å². The lowest BCUT2D eigenvalue weighted by Gasteiger charge is -2.27. The molecule has 0 radical (unpaired) electrons. The molecule has 8 heteroatoms. The van der Waals surface area contributed by atoms with Crippen LogP contribution in [0.25, 0.3) is 11.0 Å². The van der Waals surface area contributed by atoms with E-state index >= 15 is 0 Å². The predicted octanol–water partition coefficient (Wildman–Crippen LogP) is 2.98. The number of halogens is 1. The number of pyridine rings is 1. The molecule has 1 unspecified atom stereocenters. The highest BCUT2D eigenvalue weighted by atomic mass is 19.1. The Morgan fingerprint density at radius 2 is 1.97 bits per heavy atom. The number of carbonyl (C=O) groups excluding carboxylic acids is 2. The molecule has 0 aliphatic carbocycles. The van der Waals surface area contributed by atoms with Crippen molar-refractivity contribution in [2.45, 2.75) is 12.6 Å². The lowest BCUT2D eigenvalue weighted by atomic mass is 9.95. The first-order valence-electron chi connectivity index (χ1n) is 10.5. The smallest absolute Gasteiger partial charge is 0.240 e. The maximum absolute atomic E-state index is 13.6. The average Bonchev–Trinajstić information content (AvgIpc) is 3.40. The van der Waals surface area contributed by atoms with Gasteiger partial charge in [0.15, 0.2) is 29.5 Å². The van der Waals surface area contributed by atoms with E-state index in [1.54, 1.807) is 42.7 Å². The number of para-hydroxylation sites is 1. The first kappa shape index (κ1) is 21.4. The topological polar surface area (TPSA) is 97.0 Å². The molecule has 2 aromatic carbocycles. The number of methoxy groups -OCH3 is 1. The number of ketones is 1. The third-order valence-electron chi connectivity index (χ3n) is 5.79. The highest BCUT2D eigenvalue weighted by molar-refractivity contribution is 6.15. The highest BCUT2D eigenvalue weighted by Gasteiger charge is 2.40. The van der Waals surface area contributed by atoms with Crippen molar-refractivity contribution in [3.8, 4) is 5.75 Å². The summed E-state index contributed by atoms with van der Waals surface area (Å²) in [7, 11) is 1.48. The molecule has 1 atom stereocenters. The fraction of sp³-hybridized carbons (Fsp3) is 0.115. The Morgan fingerprint density at radius 1 is 1.18 bits per heavy atom. The molecule has 0 saturated heterocycles. The molecule has 0 spiro atoms. The minimum atomic E-state index is -0.997. The molecule has 0 saturated carbocycles. The maximum Gasteiger partial charge on any atom is 0.240 e. The Balaban J connectivity index is 1.60. The fourth-order valence-corrected chi connectivity index (χ4v) is 4.19. The molecule has 1 aliphatic heterocycles. The number of benzene rings is 2. The Kier molecular flexibility index (Phi) is 5.33. The van der Waals surface area contributed by atoms with E-state index in [-0.39, 0.29) is 17.9 Å². The van der Waals surface area contributed by atoms with Crippen LogP contribution in [-0.2, 0) is 11.3 Å². The predicted molar refractivity (Wildman–Crippen MR) is 117 cm³/mol. The zero-order valence-electron chi connectivity index (χ0n) is 18.1. The largest absolute Gasteiger partial charge is 0.868 e. The Bertz CT molecular complexity index is 1430. The summed E-state index contributed by atoms with van der Waals surface area (Å²) >= 11 is 0. The van der Waals surface area contributed by atoms with Crippen molar-refractivity contribution in [2.24, 2.45) is 0 Å². The van der Waals surface area contributed by atoms with E-state index in [0.29, 0.717) is 22.3 Å². The van der Waals surface area contributed by atoms with E-state index < -0.39 is 29.3 Å². The number of carbonyl (C=O) groups is 2. The summed E-state index contributed by atoms with van der Waals surface area (Å²) in [5.74, 6) is -2.54. The van der Waals surface area contributed by atoms with Gasteiger partial charge in [-0.1, -0.05) is 24.3 Å². The molecule has 7 nitrogen and oxygen atoms in total. The first-order valence-corrected chi connectivity index (χ1v) is 10.5. The minimum absolute atomic E-state index is 0.0781. The van der Waals surface area contributed by atoms with Crippen LogP contribution in [-0.4, -0.2) is 23.7 Å². The number of hydrogen-bond acceptors (Lipinski definition) is 5. The molecule has 2 aromatic heterocycles. The van der Waals surface area contributed by atoms with E-state index in [4.69, 9.17) is 9.15 Å². The van der Waals surface area contributed by atoms with Gasteiger partial charge in [-0.15, -0.1) is 0 Å². The zero-order chi connectivity index (χ0) is 23.8. The monoisotopic (exact) mass is 458 g/mol. The van der Waals surface area contributed by atoms with Gasteiger partial charge in [0.1, 0.15) is 5.82 Å². The van der Waals surface area contributed by atoms with E-state index in [1.165, 1.54) is 42.3 Å². The normalized spacial score (nSPS) is 15.9. The maximum atomic E-state index is 13.6. The van der Waals surface area contributed by atoms with Crippen LogP contribution in [0.15, 0.2) is 88.8 Å². The summed E-state index contributed by atoms with van der Waals surface area (Å²) in [6.07, 6.45) is 3.42. The van der Waals surface area contributed by atoms with Gasteiger partial charge in [-0.05, 0) is 41.7 Å². The average molecular weight is 458 g/mol. The van der Waals surface area contributed by atoms with Gasteiger partial charge in [-0.3, -0.25) is 9.59 Å². The summed E-state index contributed by atoms with van der Waals surface area (Å²) < 4.78 is 24.7. The molecule has 1 aliphatic rings. The molecule has 5 rings (SSSR count). The second kappa shape index (κ2) is 8.47. The molecule has 34 heavy (non-hydrogen) atoms. The van der Waals surface area contributed by atoms with E-state index in [1.807, 2.05) is 0 Å². The summed E-state index contributed by atoms with van der Waals surface area (Å²) in [6, 6.07) is 14.7. The Hall–Kier alpha value is -4.46. The quantitative estimate of drug-likeness (QED) is 0.414. The molecular formula is C26H19FN2O5. The number of nitrogens with one attached hydrogen (secondary N) is 1. The van der Waals surface area contributed by atoms with Crippen LogP contribution in [0.1, 0.15) is 27.7 Å². The van der Waals surface area contributed by atoms with Crippen molar-refractivity contribution in [1.29, 1.82) is 0 Å². The van der Waals surface area contributed by atoms with Crippen LogP contribution in [0, 0.1) is 5.82 Å². The summed E-state index contributed by atoms with van der Waals surface area (Å²) in [5.41, 5.74) is 1.30. The van der Waals surface area contributed by atoms with Crippen molar-refractivity contribution in [3.63, 3.8) is 0 Å². The third kappa shape index (κ3) is 3.59. The molecule has 1 N–H and O–H groups in total. The molecule has 0 bridgehead atoms. The lowest BCUT2D eigenvalue weighted by molar-refractivity contribution is -0.378. The van der Waals surface area contributed by atoms with Crippen molar-refractivity contribution in [1.82, 2.24) is 4.90 Å². The SMILES string of the molecule is COc1cccc2cc(C(=O)C3=C([O-])C(=O)N(Cc4ccc[nH+]c4)C3c3ccc(F)cc3)oc12. The number of amides is 1. The van der Waals surface area contributed by atoms with Crippen molar-refractivity contribution in [3.05, 3.63) is 107 Å². The van der Waals surface area contributed by atoms with Crippen LogP contribution in [0.2, 0.25) is 0 Å². The molecule has 0 fully saturated rings. The Morgan fingerprint density at radius 3 is 2.68 bits per heavy atom. The van der Waals surface area contributed by atoms with E-state index in [0.717, 1.165) is 5.56 Å². The van der Waals surface area contributed by atoms with Crippen molar-refractivity contribution in [2.75, 3.05) is 7.11 Å². The Labute approximate surface area is 193 Å². The third-order valence-corrected chi connectivity index (χ3v) is 5.79. The number of ether oxygens (including phenoxy) is 1. The van der Waals surface area contributed by atoms with Gasteiger partial charge in [-0.25, -0.2) is 9.37 Å². The lowest BCUT2D eigenvalue weighted by Crippen LogP contribution is -2.32. The minimum Gasteiger partial charge on any atom is -0.868 e. The van der Waals surface area contributed by atoms with Crippen molar-refractivity contribution >= 4 is 22.7 Å². The van der Waals surface area contributed by atoms with Gasteiger partial charge in [0.25, 0.3) is 0 Å². The number of Topliss-reactive ketones (excluding diaryl/α,β-unsaturated/α-hetero) is 1. The van der Waals surface area contributed by atoms with Gasteiger partial charge >= 0.3 is 0 Å². The summed E-state index contributed by atoms with van der Waals surface area (Å²) in [4.78, 5) is 30.9. The highest BCUT2D eigenvalue weighted by Crippen LogP contribution is 2.40. The first-order chi connectivity index (χ1) is 16.5. The number of fused-ring (bicyclic) bond motifs is 1. The van der Waals surface area contributed by atoms with Gasteiger partial charge < -0.3 is 19.2 Å². The van der Waals surface area contributed by atoms with Crippen molar-refractivity contribution < 1.29 is 33.2 Å². The van der Waals surface area contributed by atoms with Crippen LogP contribution >= 0.6 is 0 Å². The van der Waals surface area contributed by atoms with E-state index in [2.05, 4.69) is 4.98 Å². The van der Waals surface area contributed by atoms with Gasteiger partial charge in [0, 0.05) is 22.6 Å². The number of H-pyrrole nitrogens is 1. The number of nitrogens with zero attached hydrogens (tertiary/aromatic N) is 1. The number of aromatic nitrogens is 1. The second-order valence-electron chi connectivity index (χ2n) is 7.86.